The Balaban J connectivity index is 1.85. The van der Waals surface area contributed by atoms with Gasteiger partial charge in [0.1, 0.15) is 0 Å². The number of benzene rings is 1. The summed E-state index contributed by atoms with van der Waals surface area (Å²) >= 11 is 13.6. The van der Waals surface area contributed by atoms with Crippen LogP contribution < -0.4 is 0 Å². The zero-order chi connectivity index (χ0) is 14.6. The van der Waals surface area contributed by atoms with Gasteiger partial charge in [-0.15, -0.1) is 0 Å². The Bertz CT molecular complexity index is 558. The van der Waals surface area contributed by atoms with Crippen LogP contribution in [0.25, 0.3) is 0 Å². The lowest BCUT2D eigenvalue weighted by Crippen LogP contribution is -2.32. The highest BCUT2D eigenvalue weighted by molar-refractivity contribution is 7.98. The van der Waals surface area contributed by atoms with Crippen LogP contribution in [0.1, 0.15) is 12.5 Å². The van der Waals surface area contributed by atoms with E-state index in [0.29, 0.717) is 22.3 Å². The average molecular weight is 331 g/mol. The Morgan fingerprint density at radius 1 is 1.40 bits per heavy atom. The van der Waals surface area contributed by atoms with Crippen LogP contribution in [0.5, 0.6) is 0 Å². The number of rotatable bonds is 6. The van der Waals surface area contributed by atoms with E-state index in [-0.39, 0.29) is 0 Å². The molecule has 0 aliphatic heterocycles. The molecule has 0 radical (unpaired) electrons. The Morgan fingerprint density at radius 3 is 2.85 bits per heavy atom. The molecule has 0 amide bonds. The highest BCUT2D eigenvalue weighted by atomic mass is 35.5. The standard InChI is InChI=1S/C14H16Cl2N2OS/c1-14(19,8-18-5-4-17-10-18)9-20-7-11-2-3-12(15)6-13(11)16/h2-6,10,19H,7-9H2,1H3. The number of aromatic nitrogens is 2. The lowest BCUT2D eigenvalue weighted by atomic mass is 10.1. The summed E-state index contributed by atoms with van der Waals surface area (Å²) in [6, 6.07) is 5.48. The molecule has 3 nitrogen and oxygen atoms in total. The van der Waals surface area contributed by atoms with Gasteiger partial charge in [-0.1, -0.05) is 29.3 Å². The minimum Gasteiger partial charge on any atom is -0.387 e. The monoisotopic (exact) mass is 330 g/mol. The van der Waals surface area contributed by atoms with E-state index in [0.717, 1.165) is 11.3 Å². The number of hydrogen-bond donors (Lipinski definition) is 1. The number of hydrogen-bond acceptors (Lipinski definition) is 3. The first-order valence-corrected chi connectivity index (χ1v) is 8.07. The molecule has 1 aromatic carbocycles. The fourth-order valence-corrected chi connectivity index (χ4v) is 3.50. The molecule has 1 heterocycles. The molecule has 0 saturated carbocycles. The van der Waals surface area contributed by atoms with Gasteiger partial charge in [0.05, 0.1) is 18.5 Å². The molecule has 0 aliphatic carbocycles. The molecule has 2 rings (SSSR count). The number of thioether (sulfide) groups is 1. The highest BCUT2D eigenvalue weighted by Crippen LogP contribution is 2.26. The quantitative estimate of drug-likeness (QED) is 0.873. The van der Waals surface area contributed by atoms with E-state index in [1.54, 1.807) is 30.4 Å². The molecule has 0 saturated heterocycles. The molecule has 2 aromatic rings. The fraction of sp³-hybridized carbons (Fsp3) is 0.357. The smallest absolute Gasteiger partial charge is 0.0946 e. The molecule has 108 valence electrons. The van der Waals surface area contributed by atoms with Crippen LogP contribution in [-0.2, 0) is 12.3 Å². The highest BCUT2D eigenvalue weighted by Gasteiger charge is 2.21. The number of nitrogens with zero attached hydrogens (tertiary/aromatic N) is 2. The molecule has 1 aromatic heterocycles. The van der Waals surface area contributed by atoms with Crippen LogP contribution in [0, 0.1) is 0 Å². The molecular weight excluding hydrogens is 315 g/mol. The second-order valence-electron chi connectivity index (χ2n) is 4.96. The van der Waals surface area contributed by atoms with Crippen LogP contribution in [0.2, 0.25) is 10.0 Å². The van der Waals surface area contributed by atoms with Gasteiger partial charge in [-0.05, 0) is 24.6 Å². The average Bonchev–Trinajstić information content (AvgIpc) is 2.84. The van der Waals surface area contributed by atoms with E-state index in [2.05, 4.69) is 4.98 Å². The lowest BCUT2D eigenvalue weighted by Gasteiger charge is -2.23. The van der Waals surface area contributed by atoms with Gasteiger partial charge in [0, 0.05) is 33.9 Å². The predicted octanol–water partition coefficient (Wildman–Crippen LogP) is 3.87. The van der Waals surface area contributed by atoms with Crippen LogP contribution >= 0.6 is 35.0 Å². The predicted molar refractivity (Wildman–Crippen MR) is 85.5 cm³/mol. The van der Waals surface area contributed by atoms with Crippen LogP contribution in [0.3, 0.4) is 0 Å². The van der Waals surface area contributed by atoms with Crippen molar-refractivity contribution in [3.05, 3.63) is 52.5 Å². The second kappa shape index (κ2) is 6.85. The SMILES string of the molecule is CC(O)(CSCc1ccc(Cl)cc1Cl)Cn1ccnc1. The van der Waals surface area contributed by atoms with Gasteiger partial charge < -0.3 is 9.67 Å². The minimum atomic E-state index is -0.787. The van der Waals surface area contributed by atoms with Crippen molar-refractivity contribution in [3.8, 4) is 0 Å². The summed E-state index contributed by atoms with van der Waals surface area (Å²) < 4.78 is 1.87. The molecular formula is C14H16Cl2N2OS. The third-order valence-corrected chi connectivity index (χ3v) is 4.70. The molecule has 0 fully saturated rings. The maximum absolute atomic E-state index is 10.4. The summed E-state index contributed by atoms with van der Waals surface area (Å²) in [6.07, 6.45) is 5.25. The van der Waals surface area contributed by atoms with Gasteiger partial charge in [-0.3, -0.25) is 0 Å². The van der Waals surface area contributed by atoms with Gasteiger partial charge in [-0.25, -0.2) is 4.98 Å². The van der Waals surface area contributed by atoms with Crippen LogP contribution in [0.15, 0.2) is 36.9 Å². The largest absolute Gasteiger partial charge is 0.387 e. The summed E-state index contributed by atoms with van der Waals surface area (Å²) in [5, 5.41) is 11.7. The van der Waals surface area contributed by atoms with Crippen molar-refractivity contribution in [1.82, 2.24) is 9.55 Å². The Kier molecular flexibility index (Phi) is 5.38. The van der Waals surface area contributed by atoms with Gasteiger partial charge in [0.25, 0.3) is 0 Å². The molecule has 0 spiro atoms. The molecule has 6 heteroatoms. The van der Waals surface area contributed by atoms with Crippen molar-refractivity contribution in [2.45, 2.75) is 24.8 Å². The van der Waals surface area contributed by atoms with E-state index >= 15 is 0 Å². The van der Waals surface area contributed by atoms with E-state index in [9.17, 15) is 5.11 Å². The molecule has 1 unspecified atom stereocenters. The van der Waals surface area contributed by atoms with Crippen molar-refractivity contribution in [2.24, 2.45) is 0 Å². The van der Waals surface area contributed by atoms with Gasteiger partial charge in [0.15, 0.2) is 0 Å². The van der Waals surface area contributed by atoms with Gasteiger partial charge in [0.2, 0.25) is 0 Å². The molecule has 20 heavy (non-hydrogen) atoms. The van der Waals surface area contributed by atoms with E-state index in [1.807, 2.05) is 29.8 Å². The molecule has 0 aliphatic rings. The second-order valence-corrected chi connectivity index (χ2v) is 6.79. The van der Waals surface area contributed by atoms with Crippen molar-refractivity contribution >= 4 is 35.0 Å². The first-order chi connectivity index (χ1) is 9.46. The van der Waals surface area contributed by atoms with Crippen LogP contribution in [0.4, 0.5) is 0 Å². The molecule has 1 atom stereocenters. The summed E-state index contributed by atoms with van der Waals surface area (Å²) in [6.45, 7) is 2.35. The van der Waals surface area contributed by atoms with E-state index in [1.165, 1.54) is 0 Å². The Hall–Kier alpha value is -0.680. The van der Waals surface area contributed by atoms with Gasteiger partial charge in [-0.2, -0.15) is 11.8 Å². The number of imidazole rings is 1. The topological polar surface area (TPSA) is 38.0 Å². The number of aliphatic hydroxyl groups is 1. The lowest BCUT2D eigenvalue weighted by molar-refractivity contribution is 0.0665. The summed E-state index contributed by atoms with van der Waals surface area (Å²) in [5.41, 5.74) is 0.240. The van der Waals surface area contributed by atoms with Crippen molar-refractivity contribution < 1.29 is 5.11 Å². The number of halogens is 2. The molecule has 0 bridgehead atoms. The van der Waals surface area contributed by atoms with Crippen molar-refractivity contribution in [2.75, 3.05) is 5.75 Å². The van der Waals surface area contributed by atoms with Crippen LogP contribution in [-0.4, -0.2) is 26.0 Å². The first kappa shape index (κ1) is 15.7. The van der Waals surface area contributed by atoms with E-state index < -0.39 is 5.60 Å². The summed E-state index contributed by atoms with van der Waals surface area (Å²) in [5.74, 6) is 1.36. The van der Waals surface area contributed by atoms with Gasteiger partial charge >= 0.3 is 0 Å². The third-order valence-electron chi connectivity index (χ3n) is 2.77. The zero-order valence-corrected chi connectivity index (χ0v) is 13.4. The summed E-state index contributed by atoms with van der Waals surface area (Å²) in [4.78, 5) is 3.97. The minimum absolute atomic E-state index is 0.522. The fourth-order valence-electron chi connectivity index (χ4n) is 1.84. The normalized spacial score (nSPS) is 14.2. The third kappa shape index (κ3) is 4.70. The Morgan fingerprint density at radius 2 is 2.20 bits per heavy atom. The zero-order valence-electron chi connectivity index (χ0n) is 11.1. The van der Waals surface area contributed by atoms with Crippen molar-refractivity contribution in [1.29, 1.82) is 0 Å². The van der Waals surface area contributed by atoms with Crippen molar-refractivity contribution in [3.63, 3.8) is 0 Å². The maximum atomic E-state index is 10.4. The first-order valence-electron chi connectivity index (χ1n) is 6.16. The molecule has 1 N–H and O–H groups in total. The maximum Gasteiger partial charge on any atom is 0.0946 e. The Labute approximate surface area is 132 Å². The summed E-state index contributed by atoms with van der Waals surface area (Å²) in [7, 11) is 0. The van der Waals surface area contributed by atoms with E-state index in [4.69, 9.17) is 23.2 Å².